The van der Waals surface area contributed by atoms with Gasteiger partial charge < -0.3 is 14.4 Å². The lowest BCUT2D eigenvalue weighted by molar-refractivity contribution is -0.394. The zero-order valence-electron chi connectivity index (χ0n) is 15.2. The summed E-state index contributed by atoms with van der Waals surface area (Å²) < 4.78 is 34.1. The summed E-state index contributed by atoms with van der Waals surface area (Å²) >= 11 is 0. The number of nitrogens with zero attached hydrogens (tertiary/aromatic N) is 3. The molecule has 2 rings (SSSR count). The molecule has 0 bridgehead atoms. The van der Waals surface area contributed by atoms with E-state index in [1.54, 1.807) is 0 Å². The first-order valence-electron chi connectivity index (χ1n) is 7.93. The number of nitro groups is 2. The number of methoxy groups -OCH3 is 1. The van der Waals surface area contributed by atoms with Crippen molar-refractivity contribution in [3.63, 3.8) is 0 Å². The molecule has 0 aliphatic heterocycles. The fourth-order valence-corrected chi connectivity index (χ4v) is 2.50. The molecular weight excluding hydrogens is 396 g/mol. The number of carbonyl (C=O) groups excluding carboxylic acids is 1. The number of halogens is 2. The van der Waals surface area contributed by atoms with E-state index in [-0.39, 0.29) is 23.6 Å². The molecule has 0 heterocycles. The van der Waals surface area contributed by atoms with Crippen LogP contribution < -0.4 is 9.47 Å². The Kier molecular flexibility index (Phi) is 6.59. The van der Waals surface area contributed by atoms with E-state index in [0.717, 1.165) is 23.1 Å². The fourth-order valence-electron chi connectivity index (χ4n) is 2.50. The lowest BCUT2D eigenvalue weighted by Crippen LogP contribution is -2.26. The lowest BCUT2D eigenvalue weighted by Gasteiger charge is -2.18. The zero-order chi connectivity index (χ0) is 21.7. The summed E-state index contributed by atoms with van der Waals surface area (Å²) in [5.41, 5.74) is -0.936. The Morgan fingerprint density at radius 3 is 2.14 bits per heavy atom. The van der Waals surface area contributed by atoms with Crippen LogP contribution in [0.15, 0.2) is 36.4 Å². The van der Waals surface area contributed by atoms with Crippen molar-refractivity contribution < 1.29 is 32.9 Å². The summed E-state index contributed by atoms with van der Waals surface area (Å²) in [4.78, 5) is 34.0. The molecule has 0 saturated carbocycles. The molecule has 12 heteroatoms. The van der Waals surface area contributed by atoms with Crippen LogP contribution in [0.5, 0.6) is 11.5 Å². The summed E-state index contributed by atoms with van der Waals surface area (Å²) in [6.07, 6.45) is 0. The van der Waals surface area contributed by atoms with Crippen LogP contribution in [-0.4, -0.2) is 41.4 Å². The smallest absolute Gasteiger partial charge is 0.387 e. The minimum atomic E-state index is -3.04. The quantitative estimate of drug-likeness (QED) is 0.481. The van der Waals surface area contributed by atoms with E-state index >= 15 is 0 Å². The molecule has 0 unspecified atom stereocenters. The molecule has 0 spiro atoms. The van der Waals surface area contributed by atoms with Gasteiger partial charge in [-0.2, -0.15) is 8.78 Å². The molecule has 0 aliphatic carbocycles. The predicted octanol–water partition coefficient (Wildman–Crippen LogP) is 3.39. The minimum absolute atomic E-state index is 0.0228. The summed E-state index contributed by atoms with van der Waals surface area (Å²) in [6.45, 7) is -3.07. The highest BCUT2D eigenvalue weighted by Gasteiger charge is 2.22. The van der Waals surface area contributed by atoms with Crippen LogP contribution in [0, 0.1) is 20.2 Å². The highest BCUT2D eigenvalue weighted by molar-refractivity contribution is 5.95. The third-order valence-electron chi connectivity index (χ3n) is 3.78. The second-order valence-corrected chi connectivity index (χ2v) is 5.78. The number of non-ortho nitro benzene ring substituents is 2. The van der Waals surface area contributed by atoms with Crippen LogP contribution in [0.25, 0.3) is 0 Å². The van der Waals surface area contributed by atoms with Crippen LogP contribution in [-0.2, 0) is 6.54 Å². The number of hydrogen-bond acceptors (Lipinski definition) is 7. The highest BCUT2D eigenvalue weighted by atomic mass is 19.3. The molecule has 154 valence electrons. The van der Waals surface area contributed by atoms with Gasteiger partial charge in [-0.1, -0.05) is 6.07 Å². The Hall–Kier alpha value is -3.83. The predicted molar refractivity (Wildman–Crippen MR) is 95.2 cm³/mol. The normalized spacial score (nSPS) is 10.5. The molecule has 1 amide bonds. The van der Waals surface area contributed by atoms with E-state index in [0.29, 0.717) is 5.56 Å². The average Bonchev–Trinajstić information content (AvgIpc) is 2.67. The molecule has 0 N–H and O–H groups in total. The van der Waals surface area contributed by atoms with Crippen LogP contribution >= 0.6 is 0 Å². The number of ether oxygens (including phenoxy) is 2. The van der Waals surface area contributed by atoms with Gasteiger partial charge in [0.25, 0.3) is 17.3 Å². The molecule has 0 aromatic heterocycles. The largest absolute Gasteiger partial charge is 0.493 e. The van der Waals surface area contributed by atoms with Crippen molar-refractivity contribution >= 4 is 17.3 Å². The second-order valence-electron chi connectivity index (χ2n) is 5.78. The van der Waals surface area contributed by atoms with Crippen LogP contribution in [0.3, 0.4) is 0 Å². The maximum atomic E-state index is 12.6. The van der Waals surface area contributed by atoms with Gasteiger partial charge in [-0.25, -0.2) is 0 Å². The Labute approximate surface area is 162 Å². The van der Waals surface area contributed by atoms with Crippen LogP contribution in [0.1, 0.15) is 15.9 Å². The topological polar surface area (TPSA) is 125 Å². The van der Waals surface area contributed by atoms with Gasteiger partial charge in [0.05, 0.1) is 28.6 Å². The van der Waals surface area contributed by atoms with Crippen LogP contribution in [0.2, 0.25) is 0 Å². The second kappa shape index (κ2) is 8.91. The van der Waals surface area contributed by atoms with Crippen molar-refractivity contribution in [3.8, 4) is 11.5 Å². The molecule has 0 fully saturated rings. The van der Waals surface area contributed by atoms with Gasteiger partial charge in [-0.3, -0.25) is 25.0 Å². The molecule has 0 saturated heterocycles. The number of rotatable bonds is 8. The molecule has 2 aromatic carbocycles. The molecule has 0 atom stereocenters. The number of benzene rings is 2. The highest BCUT2D eigenvalue weighted by Crippen LogP contribution is 2.30. The van der Waals surface area contributed by atoms with Gasteiger partial charge in [0, 0.05) is 25.7 Å². The van der Waals surface area contributed by atoms with Crippen molar-refractivity contribution in [2.24, 2.45) is 0 Å². The first kappa shape index (κ1) is 21.5. The number of alkyl halides is 2. The first-order valence-corrected chi connectivity index (χ1v) is 7.93. The standard InChI is InChI=1S/C17H15F2N3O7/c1-20(9-10-3-4-14(29-17(18)19)15(5-10)28-2)16(23)11-6-12(21(24)25)8-13(7-11)22(26)27/h3-8,17H,9H2,1-2H3. The maximum absolute atomic E-state index is 12.6. The fraction of sp³-hybridized carbons (Fsp3) is 0.235. The zero-order valence-corrected chi connectivity index (χ0v) is 15.2. The summed E-state index contributed by atoms with van der Waals surface area (Å²) in [5, 5.41) is 21.9. The van der Waals surface area contributed by atoms with Gasteiger partial charge >= 0.3 is 6.61 Å². The van der Waals surface area contributed by atoms with Crippen molar-refractivity contribution in [2.45, 2.75) is 13.2 Å². The Morgan fingerprint density at radius 2 is 1.66 bits per heavy atom. The van der Waals surface area contributed by atoms with E-state index in [1.807, 2.05) is 0 Å². The van der Waals surface area contributed by atoms with Crippen molar-refractivity contribution in [2.75, 3.05) is 14.2 Å². The minimum Gasteiger partial charge on any atom is -0.493 e. The monoisotopic (exact) mass is 411 g/mol. The van der Waals surface area contributed by atoms with Gasteiger partial charge in [0.1, 0.15) is 0 Å². The summed E-state index contributed by atoms with van der Waals surface area (Å²) in [6, 6.07) is 6.69. The van der Waals surface area contributed by atoms with E-state index in [1.165, 1.54) is 32.4 Å². The van der Waals surface area contributed by atoms with Gasteiger partial charge in [0.15, 0.2) is 11.5 Å². The first-order chi connectivity index (χ1) is 13.6. The molecule has 2 aromatic rings. The van der Waals surface area contributed by atoms with E-state index < -0.39 is 33.7 Å². The Bertz CT molecular complexity index is 920. The number of carbonyl (C=O) groups is 1. The molecule has 10 nitrogen and oxygen atoms in total. The molecule has 0 aliphatic rings. The third-order valence-corrected chi connectivity index (χ3v) is 3.78. The SMILES string of the molecule is COc1cc(CN(C)C(=O)c2cc([N+](=O)[O-])cc([N+](=O)[O-])c2)ccc1OC(F)F. The lowest BCUT2D eigenvalue weighted by atomic mass is 10.1. The summed E-state index contributed by atoms with van der Waals surface area (Å²) in [5.74, 6) is -0.868. The molecule has 29 heavy (non-hydrogen) atoms. The van der Waals surface area contributed by atoms with Gasteiger partial charge in [0.2, 0.25) is 0 Å². The van der Waals surface area contributed by atoms with Crippen molar-refractivity contribution in [1.82, 2.24) is 4.90 Å². The van der Waals surface area contributed by atoms with Crippen molar-refractivity contribution in [3.05, 3.63) is 67.8 Å². The molecular formula is C17H15F2N3O7. The Balaban J connectivity index is 2.27. The van der Waals surface area contributed by atoms with Crippen molar-refractivity contribution in [1.29, 1.82) is 0 Å². The third kappa shape index (κ3) is 5.34. The van der Waals surface area contributed by atoms with Crippen LogP contribution in [0.4, 0.5) is 20.2 Å². The maximum Gasteiger partial charge on any atom is 0.387 e. The molecule has 0 radical (unpaired) electrons. The van der Waals surface area contributed by atoms with E-state index in [4.69, 9.17) is 4.74 Å². The van der Waals surface area contributed by atoms with Gasteiger partial charge in [-0.05, 0) is 17.7 Å². The number of hydrogen-bond donors (Lipinski definition) is 0. The number of amides is 1. The summed E-state index contributed by atoms with van der Waals surface area (Å²) in [7, 11) is 2.64. The number of nitro benzene ring substituents is 2. The van der Waals surface area contributed by atoms with E-state index in [2.05, 4.69) is 4.74 Å². The average molecular weight is 411 g/mol. The van der Waals surface area contributed by atoms with E-state index in [9.17, 15) is 33.8 Å². The Morgan fingerprint density at radius 1 is 1.07 bits per heavy atom. The van der Waals surface area contributed by atoms with Gasteiger partial charge in [-0.15, -0.1) is 0 Å².